The van der Waals surface area contributed by atoms with E-state index in [0.717, 1.165) is 106 Å². The summed E-state index contributed by atoms with van der Waals surface area (Å²) in [5.41, 5.74) is 20.3. The van der Waals surface area contributed by atoms with Gasteiger partial charge in [0.25, 0.3) is 0 Å². The molecule has 4 aromatic carbocycles. The number of nitrogens with zero attached hydrogens (tertiary/aromatic N) is 3. The van der Waals surface area contributed by atoms with Crippen molar-refractivity contribution >= 4 is 38.9 Å². The van der Waals surface area contributed by atoms with Crippen LogP contribution in [0.15, 0.2) is 168 Å². The third-order valence-corrected chi connectivity index (χ3v) is 11.8. The van der Waals surface area contributed by atoms with Gasteiger partial charge < -0.3 is 11.1 Å². The first-order valence-corrected chi connectivity index (χ1v) is 20.2. The zero-order valence-corrected chi connectivity index (χ0v) is 31.6. The van der Waals surface area contributed by atoms with Crippen LogP contribution in [0, 0.1) is 0 Å². The average Bonchev–Trinajstić information content (AvgIpc) is 3.62. The van der Waals surface area contributed by atoms with Crippen LogP contribution in [0.2, 0.25) is 0 Å². The van der Waals surface area contributed by atoms with E-state index < -0.39 is 0 Å². The van der Waals surface area contributed by atoms with E-state index in [9.17, 15) is 0 Å². The number of allylic oxidation sites excluding steroid dienone is 7. The number of rotatable bonds is 7. The topological polar surface area (TPSA) is 68.2 Å². The summed E-state index contributed by atoms with van der Waals surface area (Å²) >= 11 is 0. The third-order valence-electron chi connectivity index (χ3n) is 11.8. The maximum absolute atomic E-state index is 6.42. The van der Waals surface area contributed by atoms with Crippen molar-refractivity contribution in [2.75, 3.05) is 0 Å². The molecule has 10 rings (SSSR count). The minimum Gasteiger partial charge on any atom is -0.404 e. The lowest BCUT2D eigenvalue weighted by Crippen LogP contribution is -2.31. The molecule has 0 saturated heterocycles. The normalized spacial score (nSPS) is 18.2. The first kappa shape index (κ1) is 34.1. The molecular formula is C51H45N5. The SMILES string of the molecule is NC=C(C1=CC=CCC1)c1nc(-c2ccccc2)c(-c2ccc(C3C=C(n4c5c(c6ccccc64)CCCC5)NC(C4=CCCC=C4)=N3)cc2)c2ccccc12. The van der Waals surface area contributed by atoms with E-state index in [2.05, 4.69) is 156 Å². The number of para-hydroxylation sites is 1. The summed E-state index contributed by atoms with van der Waals surface area (Å²) in [4.78, 5) is 10.9. The van der Waals surface area contributed by atoms with Crippen molar-refractivity contribution in [2.24, 2.45) is 10.7 Å². The summed E-state index contributed by atoms with van der Waals surface area (Å²) in [6.07, 6.45) is 26.1. The molecule has 1 atom stereocenters. The molecule has 1 unspecified atom stereocenters. The molecule has 5 heteroatoms. The summed E-state index contributed by atoms with van der Waals surface area (Å²) < 4.78 is 2.49. The molecule has 1 aliphatic heterocycles. The van der Waals surface area contributed by atoms with Gasteiger partial charge in [-0.15, -0.1) is 0 Å². The molecule has 3 aliphatic carbocycles. The van der Waals surface area contributed by atoms with E-state index in [1.807, 2.05) is 0 Å². The number of aryl methyl sites for hydroxylation is 1. The largest absolute Gasteiger partial charge is 0.404 e. The Morgan fingerprint density at radius 1 is 0.750 bits per heavy atom. The predicted molar refractivity (Wildman–Crippen MR) is 234 cm³/mol. The minimum absolute atomic E-state index is 0.159. The Morgan fingerprint density at radius 2 is 1.54 bits per heavy atom. The molecular weight excluding hydrogens is 683 g/mol. The molecule has 0 amide bonds. The van der Waals surface area contributed by atoms with Crippen molar-refractivity contribution in [1.29, 1.82) is 0 Å². The van der Waals surface area contributed by atoms with Gasteiger partial charge in [-0.1, -0.05) is 134 Å². The molecule has 274 valence electrons. The molecule has 3 N–H and O–H groups in total. The van der Waals surface area contributed by atoms with Crippen LogP contribution in [-0.2, 0) is 12.8 Å². The second kappa shape index (κ2) is 14.6. The molecule has 5 nitrogen and oxygen atoms in total. The van der Waals surface area contributed by atoms with Gasteiger partial charge in [-0.05, 0) is 91.2 Å². The number of aliphatic imine (C=N–C) groups is 1. The van der Waals surface area contributed by atoms with E-state index in [0.29, 0.717) is 0 Å². The van der Waals surface area contributed by atoms with Crippen LogP contribution in [0.4, 0.5) is 0 Å². The number of fused-ring (bicyclic) bond motifs is 4. The molecule has 56 heavy (non-hydrogen) atoms. The van der Waals surface area contributed by atoms with Crippen LogP contribution in [0.5, 0.6) is 0 Å². The highest BCUT2D eigenvalue weighted by molar-refractivity contribution is 6.08. The van der Waals surface area contributed by atoms with Crippen molar-refractivity contribution in [3.05, 3.63) is 186 Å². The highest BCUT2D eigenvalue weighted by atomic mass is 15.2. The van der Waals surface area contributed by atoms with Crippen molar-refractivity contribution in [3.8, 4) is 22.4 Å². The van der Waals surface area contributed by atoms with Gasteiger partial charge in [0.05, 0.1) is 22.9 Å². The average molecular weight is 728 g/mol. The fourth-order valence-electron chi connectivity index (χ4n) is 9.11. The summed E-state index contributed by atoms with van der Waals surface area (Å²) in [5.74, 6) is 2.02. The summed E-state index contributed by atoms with van der Waals surface area (Å²) in [6.45, 7) is 0. The fourth-order valence-corrected chi connectivity index (χ4v) is 9.11. The van der Waals surface area contributed by atoms with Crippen LogP contribution >= 0.6 is 0 Å². The number of pyridine rings is 1. The van der Waals surface area contributed by atoms with Crippen LogP contribution in [0.1, 0.15) is 67.1 Å². The molecule has 0 spiro atoms. The molecule has 2 aromatic heterocycles. The number of amidine groups is 1. The van der Waals surface area contributed by atoms with Crippen LogP contribution in [0.25, 0.3) is 55.5 Å². The standard InChI is InChI=1S/C51H45N5/c52-33-43(34-16-4-1-5-17-34)50-42-25-11-10-24-41(42)48(49(55-50)37-18-6-2-7-19-37)36-30-28-35(29-31-36)44-32-47(54-51(53-44)38-20-8-3-9-21-38)56-45-26-14-12-22-39(45)40-23-13-15-27-46(40)56/h1-2,4,6-8,10-12,14,16,18-22,24-26,28-33,44H,3,5,9,13,15,17,23,27,52H2,(H,53,54). The highest BCUT2D eigenvalue weighted by Crippen LogP contribution is 2.42. The van der Waals surface area contributed by atoms with E-state index in [4.69, 9.17) is 15.7 Å². The first-order chi connectivity index (χ1) is 27.7. The van der Waals surface area contributed by atoms with Crippen molar-refractivity contribution in [3.63, 3.8) is 0 Å². The number of aromatic nitrogens is 2. The summed E-state index contributed by atoms with van der Waals surface area (Å²) in [6, 6.07) is 37.0. The molecule has 6 aromatic rings. The number of hydrogen-bond donors (Lipinski definition) is 2. The fraction of sp³-hybridized carbons (Fsp3) is 0.176. The molecule has 0 bridgehead atoms. The zero-order chi connectivity index (χ0) is 37.4. The van der Waals surface area contributed by atoms with E-state index in [1.165, 1.54) is 40.6 Å². The Bertz CT molecular complexity index is 2710. The van der Waals surface area contributed by atoms with Gasteiger partial charge in [0.2, 0.25) is 0 Å². The molecule has 0 saturated carbocycles. The summed E-state index contributed by atoms with van der Waals surface area (Å²) in [5, 5.41) is 7.43. The van der Waals surface area contributed by atoms with Crippen molar-refractivity contribution < 1.29 is 0 Å². The molecule has 0 radical (unpaired) electrons. The van der Waals surface area contributed by atoms with Crippen molar-refractivity contribution in [1.82, 2.24) is 14.9 Å². The second-order valence-electron chi connectivity index (χ2n) is 15.2. The maximum atomic E-state index is 6.42. The van der Waals surface area contributed by atoms with Crippen molar-refractivity contribution in [2.45, 2.75) is 57.4 Å². The van der Waals surface area contributed by atoms with Crippen LogP contribution in [0.3, 0.4) is 0 Å². The minimum atomic E-state index is -0.159. The monoisotopic (exact) mass is 727 g/mol. The third kappa shape index (κ3) is 6.04. The summed E-state index contributed by atoms with van der Waals surface area (Å²) in [7, 11) is 0. The zero-order valence-electron chi connectivity index (χ0n) is 31.6. The van der Waals surface area contributed by atoms with E-state index in [1.54, 1.807) is 6.20 Å². The van der Waals surface area contributed by atoms with Gasteiger partial charge in [0.15, 0.2) is 0 Å². The number of benzene rings is 4. The maximum Gasteiger partial charge on any atom is 0.134 e. The van der Waals surface area contributed by atoms with E-state index in [-0.39, 0.29) is 6.04 Å². The Morgan fingerprint density at radius 3 is 2.32 bits per heavy atom. The lowest BCUT2D eigenvalue weighted by molar-refractivity contribution is 0.665. The van der Waals surface area contributed by atoms with Gasteiger partial charge in [-0.25, -0.2) is 4.98 Å². The van der Waals surface area contributed by atoms with Gasteiger partial charge in [0, 0.05) is 44.9 Å². The van der Waals surface area contributed by atoms with Gasteiger partial charge in [0.1, 0.15) is 11.7 Å². The Balaban J connectivity index is 1.11. The van der Waals surface area contributed by atoms with E-state index >= 15 is 0 Å². The van der Waals surface area contributed by atoms with Gasteiger partial charge >= 0.3 is 0 Å². The lowest BCUT2D eigenvalue weighted by Gasteiger charge is -2.27. The molecule has 0 fully saturated rings. The Kier molecular flexibility index (Phi) is 8.91. The van der Waals surface area contributed by atoms with Crippen LogP contribution in [-0.4, -0.2) is 15.4 Å². The van der Waals surface area contributed by atoms with Crippen LogP contribution < -0.4 is 11.1 Å². The van der Waals surface area contributed by atoms with Gasteiger partial charge in [-0.2, -0.15) is 0 Å². The Hall–Kier alpha value is -6.46. The molecule has 4 aliphatic rings. The lowest BCUT2D eigenvalue weighted by atomic mass is 9.88. The number of nitrogens with two attached hydrogens (primary N) is 1. The second-order valence-corrected chi connectivity index (χ2v) is 15.2. The molecule has 3 heterocycles. The number of hydrogen-bond acceptors (Lipinski definition) is 4. The smallest absolute Gasteiger partial charge is 0.134 e. The Labute approximate surface area is 328 Å². The van der Waals surface area contributed by atoms with Gasteiger partial charge in [-0.3, -0.25) is 9.56 Å². The highest BCUT2D eigenvalue weighted by Gasteiger charge is 2.27. The number of nitrogens with one attached hydrogen (secondary N) is 1. The quantitative estimate of drug-likeness (QED) is 0.172. The predicted octanol–water partition coefficient (Wildman–Crippen LogP) is 11.8. The first-order valence-electron chi connectivity index (χ1n) is 20.2.